The minimum atomic E-state index is -0.142. The topological polar surface area (TPSA) is 104 Å². The highest BCUT2D eigenvalue weighted by atomic mass is 35.5. The number of carbonyl (C=O) groups is 1. The lowest BCUT2D eigenvalue weighted by Crippen LogP contribution is -2.26. The highest BCUT2D eigenvalue weighted by molar-refractivity contribution is 6.34. The van der Waals surface area contributed by atoms with E-state index in [1.54, 1.807) is 46.5 Å². The standard InChI is InChI=1S/C24H23ClN4O6/c1-29(2)20(30)11-33-7-5-6-14-8-16(25)21(23-22(14)34-13-35-23)28-24-15-9-18(31-3)19(32-4)10-17(15)26-12-27-24/h8-10,12H,7,11,13H2,1-4H3,(H,26,27,28). The maximum absolute atomic E-state index is 11.6. The van der Waals surface area contributed by atoms with Crippen molar-refractivity contribution >= 4 is 39.9 Å². The van der Waals surface area contributed by atoms with E-state index in [2.05, 4.69) is 27.1 Å². The van der Waals surface area contributed by atoms with Gasteiger partial charge in [0.15, 0.2) is 23.0 Å². The van der Waals surface area contributed by atoms with Gasteiger partial charge in [-0.25, -0.2) is 9.97 Å². The molecule has 0 atom stereocenters. The molecule has 0 fully saturated rings. The van der Waals surface area contributed by atoms with E-state index in [-0.39, 0.29) is 25.9 Å². The van der Waals surface area contributed by atoms with Gasteiger partial charge in [0, 0.05) is 25.5 Å². The second-order valence-corrected chi connectivity index (χ2v) is 7.91. The van der Waals surface area contributed by atoms with Crippen molar-refractivity contribution < 1.29 is 28.5 Å². The highest BCUT2D eigenvalue weighted by Gasteiger charge is 2.25. The lowest BCUT2D eigenvalue weighted by Gasteiger charge is -2.14. The van der Waals surface area contributed by atoms with E-state index in [0.717, 1.165) is 0 Å². The molecule has 2 aromatic carbocycles. The third-order valence-corrected chi connectivity index (χ3v) is 5.40. The molecule has 0 saturated heterocycles. The number of benzene rings is 2. The molecule has 1 amide bonds. The summed E-state index contributed by atoms with van der Waals surface area (Å²) in [6.07, 6.45) is 1.43. The molecular formula is C24H23ClN4O6. The summed E-state index contributed by atoms with van der Waals surface area (Å²) in [5.74, 6) is 8.14. The van der Waals surface area contributed by atoms with Gasteiger partial charge in [-0.15, -0.1) is 0 Å². The Morgan fingerprint density at radius 3 is 2.63 bits per heavy atom. The van der Waals surface area contributed by atoms with Crippen molar-refractivity contribution in [1.82, 2.24) is 14.9 Å². The largest absolute Gasteiger partial charge is 0.493 e. The molecular weight excluding hydrogens is 476 g/mol. The Bertz CT molecular complexity index is 1340. The molecule has 3 aromatic rings. The van der Waals surface area contributed by atoms with E-state index in [1.165, 1.54) is 11.2 Å². The summed E-state index contributed by atoms with van der Waals surface area (Å²) in [7, 11) is 6.44. The second kappa shape index (κ2) is 10.5. The molecule has 1 aromatic heterocycles. The summed E-state index contributed by atoms with van der Waals surface area (Å²) in [4.78, 5) is 21.7. The van der Waals surface area contributed by atoms with Crippen LogP contribution in [0.3, 0.4) is 0 Å². The number of nitrogens with one attached hydrogen (secondary N) is 1. The van der Waals surface area contributed by atoms with Gasteiger partial charge in [0.2, 0.25) is 12.7 Å². The van der Waals surface area contributed by atoms with Gasteiger partial charge in [0.1, 0.15) is 31.0 Å². The molecule has 0 unspecified atom stereocenters. The highest BCUT2D eigenvalue weighted by Crippen LogP contribution is 2.47. The van der Waals surface area contributed by atoms with Gasteiger partial charge in [-0.2, -0.15) is 0 Å². The Labute approximate surface area is 207 Å². The third-order valence-electron chi connectivity index (χ3n) is 5.10. The van der Waals surface area contributed by atoms with Crippen molar-refractivity contribution in [3.8, 4) is 34.8 Å². The fourth-order valence-electron chi connectivity index (χ4n) is 3.30. The Hall–Kier alpha value is -3.94. The van der Waals surface area contributed by atoms with E-state index in [9.17, 15) is 4.79 Å². The molecule has 4 rings (SSSR count). The number of anilines is 2. The van der Waals surface area contributed by atoms with Gasteiger partial charge in [-0.1, -0.05) is 23.4 Å². The normalized spacial score (nSPS) is 11.6. The molecule has 1 N–H and O–H groups in total. The second-order valence-electron chi connectivity index (χ2n) is 7.50. The number of ether oxygens (including phenoxy) is 5. The van der Waals surface area contributed by atoms with E-state index < -0.39 is 0 Å². The van der Waals surface area contributed by atoms with Crippen LogP contribution in [0, 0.1) is 11.8 Å². The molecule has 1 aliphatic rings. The van der Waals surface area contributed by atoms with E-state index in [4.69, 9.17) is 35.3 Å². The summed E-state index contributed by atoms with van der Waals surface area (Å²) in [6.45, 7) is 0.0417. The molecule has 1 aliphatic heterocycles. The van der Waals surface area contributed by atoms with Crippen LogP contribution in [0.4, 0.5) is 11.5 Å². The van der Waals surface area contributed by atoms with Crippen molar-refractivity contribution in [3.63, 3.8) is 0 Å². The Morgan fingerprint density at radius 2 is 1.89 bits per heavy atom. The number of amides is 1. The van der Waals surface area contributed by atoms with Gasteiger partial charge in [0.05, 0.1) is 30.3 Å². The summed E-state index contributed by atoms with van der Waals surface area (Å²) in [5, 5.41) is 4.28. The Morgan fingerprint density at radius 1 is 1.14 bits per heavy atom. The first-order chi connectivity index (χ1) is 16.9. The summed E-state index contributed by atoms with van der Waals surface area (Å²) < 4.78 is 27.4. The average molecular weight is 499 g/mol. The molecule has 10 nitrogen and oxygen atoms in total. The number of carbonyl (C=O) groups excluding carboxylic acids is 1. The first-order valence-corrected chi connectivity index (χ1v) is 10.8. The molecule has 0 bridgehead atoms. The summed E-state index contributed by atoms with van der Waals surface area (Å²) in [6, 6.07) is 5.21. The van der Waals surface area contributed by atoms with Crippen LogP contribution in [0.1, 0.15) is 5.56 Å². The molecule has 0 saturated carbocycles. The first kappa shape index (κ1) is 24.2. The van der Waals surface area contributed by atoms with Crippen molar-refractivity contribution in [2.75, 3.05) is 53.6 Å². The molecule has 2 heterocycles. The Kier molecular flexibility index (Phi) is 7.29. The average Bonchev–Trinajstić information content (AvgIpc) is 3.35. The van der Waals surface area contributed by atoms with Crippen LogP contribution in [-0.2, 0) is 9.53 Å². The summed E-state index contributed by atoms with van der Waals surface area (Å²) in [5.41, 5.74) is 1.67. The van der Waals surface area contributed by atoms with Crippen LogP contribution in [-0.4, -0.2) is 69.1 Å². The number of hydrogen-bond acceptors (Lipinski definition) is 9. The minimum Gasteiger partial charge on any atom is -0.493 e. The zero-order valence-electron chi connectivity index (χ0n) is 19.6. The number of hydrogen-bond donors (Lipinski definition) is 1. The number of halogens is 1. The quantitative estimate of drug-likeness (QED) is 0.388. The number of fused-ring (bicyclic) bond motifs is 2. The molecule has 182 valence electrons. The fourth-order valence-corrected chi connectivity index (χ4v) is 3.54. The van der Waals surface area contributed by atoms with Gasteiger partial charge >= 0.3 is 0 Å². The zero-order valence-corrected chi connectivity index (χ0v) is 20.4. The molecule has 0 radical (unpaired) electrons. The van der Waals surface area contributed by atoms with Crippen LogP contribution in [0.2, 0.25) is 5.02 Å². The third kappa shape index (κ3) is 5.11. The number of methoxy groups -OCH3 is 2. The molecule has 0 spiro atoms. The van der Waals surface area contributed by atoms with Gasteiger partial charge in [0.25, 0.3) is 0 Å². The monoisotopic (exact) mass is 498 g/mol. The van der Waals surface area contributed by atoms with E-state index in [0.29, 0.717) is 56.0 Å². The van der Waals surface area contributed by atoms with Crippen molar-refractivity contribution in [1.29, 1.82) is 0 Å². The van der Waals surface area contributed by atoms with Crippen LogP contribution in [0.15, 0.2) is 24.5 Å². The number of likely N-dealkylation sites (N-methyl/N-ethyl adjacent to an activating group) is 1. The predicted molar refractivity (Wildman–Crippen MR) is 130 cm³/mol. The minimum absolute atomic E-state index is 0.0163. The molecule has 11 heteroatoms. The van der Waals surface area contributed by atoms with Crippen LogP contribution in [0.25, 0.3) is 10.9 Å². The molecule has 0 aliphatic carbocycles. The fraction of sp³-hybridized carbons (Fsp3) is 0.292. The van der Waals surface area contributed by atoms with Gasteiger partial charge in [-0.05, 0) is 12.1 Å². The van der Waals surface area contributed by atoms with Crippen LogP contribution in [0.5, 0.6) is 23.0 Å². The van der Waals surface area contributed by atoms with Crippen molar-refractivity contribution in [2.24, 2.45) is 0 Å². The van der Waals surface area contributed by atoms with E-state index in [1.807, 2.05) is 0 Å². The van der Waals surface area contributed by atoms with Gasteiger partial charge < -0.3 is 33.9 Å². The number of nitrogens with zero attached hydrogens (tertiary/aromatic N) is 3. The number of aromatic nitrogens is 2. The maximum atomic E-state index is 11.6. The van der Waals surface area contributed by atoms with Crippen LogP contribution >= 0.6 is 11.6 Å². The molecule has 35 heavy (non-hydrogen) atoms. The maximum Gasteiger partial charge on any atom is 0.248 e. The van der Waals surface area contributed by atoms with Crippen molar-refractivity contribution in [2.45, 2.75) is 0 Å². The zero-order chi connectivity index (χ0) is 24.9. The van der Waals surface area contributed by atoms with E-state index >= 15 is 0 Å². The van der Waals surface area contributed by atoms with Gasteiger partial charge in [-0.3, -0.25) is 4.79 Å². The first-order valence-electron chi connectivity index (χ1n) is 10.5. The SMILES string of the molecule is COc1cc2ncnc(Nc3c(Cl)cc(C#CCOCC(=O)N(C)C)c4c3OCO4)c2cc1OC. The lowest BCUT2D eigenvalue weighted by atomic mass is 10.1. The summed E-state index contributed by atoms with van der Waals surface area (Å²) >= 11 is 6.60. The Balaban J connectivity index is 1.62. The van der Waals surface area contributed by atoms with Crippen molar-refractivity contribution in [3.05, 3.63) is 35.1 Å². The smallest absolute Gasteiger partial charge is 0.248 e. The lowest BCUT2D eigenvalue weighted by molar-refractivity contribution is -0.133. The van der Waals surface area contributed by atoms with Crippen LogP contribution < -0.4 is 24.3 Å². The predicted octanol–water partition coefficient (Wildman–Crippen LogP) is 3.23. The number of rotatable bonds is 7.